The van der Waals surface area contributed by atoms with E-state index in [0.717, 1.165) is 15.7 Å². The molecule has 0 radical (unpaired) electrons. The van der Waals surface area contributed by atoms with Crippen molar-refractivity contribution in [3.05, 3.63) is 34.5 Å². The molecule has 84 valence electrons. The van der Waals surface area contributed by atoms with Gasteiger partial charge in [0.05, 0.1) is 24.1 Å². The van der Waals surface area contributed by atoms with Gasteiger partial charge in [-0.1, -0.05) is 15.9 Å². The SMILES string of the molecule is CCO/C=C1\C(=O)N(C)c2ccc(Br)cc21. The van der Waals surface area contributed by atoms with Gasteiger partial charge in [0.25, 0.3) is 5.91 Å². The molecule has 0 saturated carbocycles. The summed E-state index contributed by atoms with van der Waals surface area (Å²) in [6.45, 7) is 2.45. The molecule has 0 aromatic heterocycles. The molecule has 0 N–H and O–H groups in total. The molecule has 1 aromatic carbocycles. The zero-order valence-electron chi connectivity index (χ0n) is 9.16. The van der Waals surface area contributed by atoms with E-state index in [1.807, 2.05) is 25.1 Å². The molecule has 0 spiro atoms. The monoisotopic (exact) mass is 281 g/mol. The van der Waals surface area contributed by atoms with Crippen LogP contribution in [0.15, 0.2) is 28.9 Å². The fourth-order valence-corrected chi connectivity index (χ4v) is 2.06. The van der Waals surface area contributed by atoms with Crippen molar-refractivity contribution in [2.45, 2.75) is 6.92 Å². The minimum Gasteiger partial charge on any atom is -0.501 e. The van der Waals surface area contributed by atoms with Crippen LogP contribution in [0.2, 0.25) is 0 Å². The standard InChI is InChI=1S/C12H12BrNO2/c1-3-16-7-10-9-6-8(13)4-5-11(9)14(2)12(10)15/h4-7H,3H2,1-2H3/b10-7-. The maximum atomic E-state index is 11.9. The third kappa shape index (κ3) is 1.73. The lowest BCUT2D eigenvalue weighted by Gasteiger charge is -2.08. The van der Waals surface area contributed by atoms with Crippen molar-refractivity contribution >= 4 is 33.1 Å². The number of benzene rings is 1. The maximum absolute atomic E-state index is 11.9. The largest absolute Gasteiger partial charge is 0.501 e. The average molecular weight is 282 g/mol. The van der Waals surface area contributed by atoms with E-state index in [9.17, 15) is 4.79 Å². The summed E-state index contributed by atoms with van der Waals surface area (Å²) in [5.74, 6) is -0.0263. The number of hydrogen-bond acceptors (Lipinski definition) is 2. The summed E-state index contributed by atoms with van der Waals surface area (Å²) < 4.78 is 6.16. The third-order valence-electron chi connectivity index (χ3n) is 2.51. The summed E-state index contributed by atoms with van der Waals surface area (Å²) in [7, 11) is 1.77. The van der Waals surface area contributed by atoms with Gasteiger partial charge in [0.2, 0.25) is 0 Å². The molecule has 0 aliphatic carbocycles. The lowest BCUT2D eigenvalue weighted by atomic mass is 10.1. The van der Waals surface area contributed by atoms with E-state index in [4.69, 9.17) is 4.74 Å². The highest BCUT2D eigenvalue weighted by molar-refractivity contribution is 9.10. The molecule has 0 atom stereocenters. The van der Waals surface area contributed by atoms with Crippen LogP contribution in [0.4, 0.5) is 5.69 Å². The van der Waals surface area contributed by atoms with Crippen LogP contribution in [0, 0.1) is 0 Å². The molecule has 16 heavy (non-hydrogen) atoms. The summed E-state index contributed by atoms with van der Waals surface area (Å²) in [5.41, 5.74) is 2.44. The van der Waals surface area contributed by atoms with Gasteiger partial charge in [-0.15, -0.1) is 0 Å². The Morgan fingerprint density at radius 3 is 2.94 bits per heavy atom. The van der Waals surface area contributed by atoms with Crippen molar-refractivity contribution in [1.29, 1.82) is 0 Å². The predicted molar refractivity (Wildman–Crippen MR) is 67.2 cm³/mol. The molecular formula is C12H12BrNO2. The van der Waals surface area contributed by atoms with E-state index >= 15 is 0 Å². The first-order valence-corrected chi connectivity index (χ1v) is 5.84. The van der Waals surface area contributed by atoms with Crippen LogP contribution >= 0.6 is 15.9 Å². The molecule has 4 heteroatoms. The Labute approximate surface area is 103 Å². The molecule has 3 nitrogen and oxygen atoms in total. The molecule has 2 rings (SSSR count). The first kappa shape index (κ1) is 11.2. The lowest BCUT2D eigenvalue weighted by Crippen LogP contribution is -2.20. The van der Waals surface area contributed by atoms with Gasteiger partial charge in [-0.3, -0.25) is 4.79 Å². The average Bonchev–Trinajstić information content (AvgIpc) is 2.50. The Hall–Kier alpha value is -1.29. The number of amides is 1. The fourth-order valence-electron chi connectivity index (χ4n) is 1.70. The number of rotatable bonds is 2. The fraction of sp³-hybridized carbons (Fsp3) is 0.250. The Bertz CT molecular complexity index is 468. The number of carbonyl (C=O) groups is 1. The van der Waals surface area contributed by atoms with Crippen LogP contribution in [0.5, 0.6) is 0 Å². The molecule has 0 saturated heterocycles. The van der Waals surface area contributed by atoms with Gasteiger partial charge in [-0.05, 0) is 25.1 Å². The number of ether oxygens (including phenoxy) is 1. The second-order valence-corrected chi connectivity index (χ2v) is 4.43. The van der Waals surface area contributed by atoms with Gasteiger partial charge in [-0.25, -0.2) is 0 Å². The van der Waals surface area contributed by atoms with Gasteiger partial charge in [-0.2, -0.15) is 0 Å². The quantitative estimate of drug-likeness (QED) is 0.616. The summed E-state index contributed by atoms with van der Waals surface area (Å²) in [6.07, 6.45) is 1.54. The van der Waals surface area contributed by atoms with Crippen LogP contribution in [0.3, 0.4) is 0 Å². The van der Waals surface area contributed by atoms with Gasteiger partial charge < -0.3 is 9.64 Å². The first-order chi connectivity index (χ1) is 7.65. The van der Waals surface area contributed by atoms with E-state index in [0.29, 0.717) is 12.2 Å². The minimum atomic E-state index is -0.0263. The van der Waals surface area contributed by atoms with Gasteiger partial charge in [0.15, 0.2) is 0 Å². The predicted octanol–water partition coefficient (Wildman–Crippen LogP) is 2.80. The summed E-state index contributed by atoms with van der Waals surface area (Å²) in [4.78, 5) is 13.6. The molecular weight excluding hydrogens is 270 g/mol. The summed E-state index contributed by atoms with van der Waals surface area (Å²) in [6, 6.07) is 5.78. The smallest absolute Gasteiger partial charge is 0.261 e. The topological polar surface area (TPSA) is 29.5 Å². The lowest BCUT2D eigenvalue weighted by molar-refractivity contribution is -0.112. The highest BCUT2D eigenvalue weighted by Crippen LogP contribution is 2.37. The van der Waals surface area contributed by atoms with Crippen LogP contribution in [0.1, 0.15) is 12.5 Å². The maximum Gasteiger partial charge on any atom is 0.261 e. The molecule has 0 bridgehead atoms. The van der Waals surface area contributed by atoms with Crippen LogP contribution in [0.25, 0.3) is 5.57 Å². The molecule has 1 aliphatic heterocycles. The summed E-state index contributed by atoms with van der Waals surface area (Å²) in [5, 5.41) is 0. The number of fused-ring (bicyclic) bond motifs is 1. The molecule has 1 heterocycles. The van der Waals surface area contributed by atoms with Crippen molar-refractivity contribution in [1.82, 2.24) is 0 Å². The Morgan fingerprint density at radius 1 is 1.50 bits per heavy atom. The molecule has 1 aromatic rings. The number of nitrogens with zero attached hydrogens (tertiary/aromatic N) is 1. The number of anilines is 1. The van der Waals surface area contributed by atoms with E-state index in [2.05, 4.69) is 15.9 Å². The van der Waals surface area contributed by atoms with E-state index < -0.39 is 0 Å². The van der Waals surface area contributed by atoms with Gasteiger partial charge in [0.1, 0.15) is 0 Å². The molecule has 0 fully saturated rings. The number of likely N-dealkylation sites (N-methyl/N-ethyl adjacent to an activating group) is 1. The minimum absolute atomic E-state index is 0.0263. The second-order valence-electron chi connectivity index (χ2n) is 3.51. The van der Waals surface area contributed by atoms with E-state index in [1.54, 1.807) is 11.9 Å². The van der Waals surface area contributed by atoms with Crippen molar-refractivity contribution in [2.24, 2.45) is 0 Å². The Morgan fingerprint density at radius 2 is 2.25 bits per heavy atom. The normalized spacial score (nSPS) is 16.8. The van der Waals surface area contributed by atoms with Crippen LogP contribution < -0.4 is 4.90 Å². The second kappa shape index (κ2) is 4.29. The van der Waals surface area contributed by atoms with Crippen LogP contribution in [-0.4, -0.2) is 19.6 Å². The molecule has 1 amide bonds. The van der Waals surface area contributed by atoms with Crippen molar-refractivity contribution in [2.75, 3.05) is 18.6 Å². The number of carbonyl (C=O) groups excluding carboxylic acids is 1. The first-order valence-electron chi connectivity index (χ1n) is 5.05. The number of halogens is 1. The van der Waals surface area contributed by atoms with Crippen molar-refractivity contribution in [3.8, 4) is 0 Å². The zero-order valence-corrected chi connectivity index (χ0v) is 10.7. The zero-order chi connectivity index (χ0) is 11.7. The van der Waals surface area contributed by atoms with E-state index in [-0.39, 0.29) is 5.91 Å². The van der Waals surface area contributed by atoms with Gasteiger partial charge >= 0.3 is 0 Å². The Kier molecular flexibility index (Phi) is 3.01. The Balaban J connectivity index is 2.51. The molecule has 1 aliphatic rings. The highest BCUT2D eigenvalue weighted by Gasteiger charge is 2.30. The number of hydrogen-bond donors (Lipinski definition) is 0. The summed E-state index contributed by atoms with van der Waals surface area (Å²) >= 11 is 3.40. The van der Waals surface area contributed by atoms with Crippen LogP contribution in [-0.2, 0) is 9.53 Å². The van der Waals surface area contributed by atoms with Gasteiger partial charge in [0, 0.05) is 17.1 Å². The third-order valence-corrected chi connectivity index (χ3v) is 3.01. The van der Waals surface area contributed by atoms with Crippen molar-refractivity contribution < 1.29 is 9.53 Å². The molecule has 0 unspecified atom stereocenters. The highest BCUT2D eigenvalue weighted by atomic mass is 79.9. The van der Waals surface area contributed by atoms with E-state index in [1.165, 1.54) is 6.26 Å². The van der Waals surface area contributed by atoms with Crippen molar-refractivity contribution in [3.63, 3.8) is 0 Å².